The van der Waals surface area contributed by atoms with Crippen LogP contribution in [0.3, 0.4) is 0 Å². The minimum atomic E-state index is -0.171. The number of benzene rings is 1. The van der Waals surface area contributed by atoms with Gasteiger partial charge in [0.05, 0.1) is 37.9 Å². The number of hydrogen-bond acceptors (Lipinski definition) is 6. The molecule has 8 heteroatoms. The van der Waals surface area contributed by atoms with Crippen LogP contribution in [0.4, 0.5) is 4.79 Å². The minimum Gasteiger partial charge on any atom is -0.497 e. The normalized spacial score (nSPS) is 28.6. The van der Waals surface area contributed by atoms with E-state index >= 15 is 0 Å². The number of rotatable bonds is 5. The van der Waals surface area contributed by atoms with Gasteiger partial charge in [0.15, 0.2) is 0 Å². The summed E-state index contributed by atoms with van der Waals surface area (Å²) < 4.78 is 11.5. The van der Waals surface area contributed by atoms with Crippen molar-refractivity contribution in [2.45, 2.75) is 75.7 Å². The molecular formula is C31H41N5O3. The van der Waals surface area contributed by atoms with Crippen LogP contribution in [-0.2, 0) is 12.0 Å². The summed E-state index contributed by atoms with van der Waals surface area (Å²) in [5, 5.41) is 0. The molecule has 1 aromatic carbocycles. The first-order valence-electron chi connectivity index (χ1n) is 14.3. The van der Waals surface area contributed by atoms with Crippen LogP contribution in [0.1, 0.15) is 51.2 Å². The van der Waals surface area contributed by atoms with E-state index in [0.717, 1.165) is 62.5 Å². The van der Waals surface area contributed by atoms with Crippen molar-refractivity contribution in [1.29, 1.82) is 0 Å². The van der Waals surface area contributed by atoms with Crippen LogP contribution in [-0.4, -0.2) is 97.2 Å². The number of likely N-dealkylation sites (tertiary alicyclic amines) is 1. The summed E-state index contributed by atoms with van der Waals surface area (Å²) in [6.07, 6.45) is 13.0. The first kappa shape index (κ1) is 26.1. The molecule has 5 aliphatic rings. The zero-order valence-corrected chi connectivity index (χ0v) is 23.9. The van der Waals surface area contributed by atoms with Crippen molar-refractivity contribution in [3.8, 4) is 11.5 Å². The van der Waals surface area contributed by atoms with E-state index in [-0.39, 0.29) is 35.1 Å². The van der Waals surface area contributed by atoms with E-state index in [1.54, 1.807) is 20.4 Å². The fourth-order valence-corrected chi connectivity index (χ4v) is 7.87. The highest BCUT2D eigenvalue weighted by atomic mass is 16.5. The van der Waals surface area contributed by atoms with Crippen molar-refractivity contribution >= 4 is 18.5 Å². The molecule has 3 atom stereocenters. The van der Waals surface area contributed by atoms with Crippen molar-refractivity contribution in [1.82, 2.24) is 14.7 Å². The summed E-state index contributed by atoms with van der Waals surface area (Å²) in [5.74, 6) is 1.62. The summed E-state index contributed by atoms with van der Waals surface area (Å²) in [6.45, 7) is 10.9. The molecule has 2 saturated heterocycles. The Morgan fingerprint density at radius 1 is 1.08 bits per heavy atom. The number of urea groups is 1. The lowest BCUT2D eigenvalue weighted by Crippen LogP contribution is -2.59. The number of carbonyl (C=O) groups excluding carboxylic acids is 1. The predicted molar refractivity (Wildman–Crippen MR) is 154 cm³/mol. The maximum atomic E-state index is 14.0. The van der Waals surface area contributed by atoms with Gasteiger partial charge in [-0.25, -0.2) is 4.79 Å². The van der Waals surface area contributed by atoms with Crippen molar-refractivity contribution in [2.75, 3.05) is 40.4 Å². The number of amides is 2. The molecule has 1 aliphatic carbocycles. The molecule has 208 valence electrons. The zero-order chi connectivity index (χ0) is 27.4. The Morgan fingerprint density at radius 3 is 2.56 bits per heavy atom. The van der Waals surface area contributed by atoms with Crippen LogP contribution >= 0.6 is 0 Å². The summed E-state index contributed by atoms with van der Waals surface area (Å²) in [7, 11) is 3.41. The molecule has 3 unspecified atom stereocenters. The van der Waals surface area contributed by atoms with Crippen molar-refractivity contribution < 1.29 is 14.3 Å². The molecule has 39 heavy (non-hydrogen) atoms. The highest BCUT2D eigenvalue weighted by Crippen LogP contribution is 2.51. The SMILES string of the molecule is CCN1C(=O)N2Cc3cc(OC)cc(OC)c3C(C)(C)CC2C12CCN(CC1=CC=CC3N=CC=NC13)CC2. The van der Waals surface area contributed by atoms with Gasteiger partial charge in [0.2, 0.25) is 0 Å². The van der Waals surface area contributed by atoms with E-state index in [1.807, 2.05) is 12.3 Å². The zero-order valence-electron chi connectivity index (χ0n) is 23.9. The molecule has 6 rings (SSSR count). The van der Waals surface area contributed by atoms with Gasteiger partial charge in [-0.05, 0) is 48.8 Å². The van der Waals surface area contributed by atoms with Crippen molar-refractivity contribution in [3.63, 3.8) is 0 Å². The van der Waals surface area contributed by atoms with Gasteiger partial charge >= 0.3 is 6.03 Å². The molecule has 2 fully saturated rings. The Hall–Kier alpha value is -3.13. The quantitative estimate of drug-likeness (QED) is 0.570. The number of nitrogens with zero attached hydrogens (tertiary/aromatic N) is 5. The molecule has 8 nitrogen and oxygen atoms in total. The molecule has 4 heterocycles. The van der Waals surface area contributed by atoms with E-state index in [2.05, 4.69) is 64.8 Å². The first-order chi connectivity index (χ1) is 18.8. The van der Waals surface area contributed by atoms with E-state index in [4.69, 9.17) is 14.5 Å². The Bertz CT molecular complexity index is 1260. The summed E-state index contributed by atoms with van der Waals surface area (Å²) in [5.41, 5.74) is 3.32. The van der Waals surface area contributed by atoms with Crippen molar-refractivity contribution in [3.05, 3.63) is 47.1 Å². The molecule has 0 radical (unpaired) electrons. The highest BCUT2D eigenvalue weighted by Gasteiger charge is 2.59. The number of hydrogen-bond donors (Lipinski definition) is 0. The van der Waals surface area contributed by atoms with Crippen LogP contribution in [0.5, 0.6) is 11.5 Å². The molecule has 0 N–H and O–H groups in total. The average Bonchev–Trinajstić information content (AvgIpc) is 3.05. The number of allylic oxidation sites excluding steroid dienone is 2. The highest BCUT2D eigenvalue weighted by molar-refractivity contribution is 6.16. The van der Waals surface area contributed by atoms with Gasteiger partial charge in [-0.1, -0.05) is 32.1 Å². The van der Waals surface area contributed by atoms with E-state index in [9.17, 15) is 4.79 Å². The number of likely N-dealkylation sites (N-methyl/N-ethyl adjacent to an activating group) is 1. The average molecular weight is 532 g/mol. The minimum absolute atomic E-state index is 0.111. The molecule has 1 aromatic rings. The molecule has 4 aliphatic heterocycles. The number of methoxy groups -OCH3 is 2. The Balaban J connectivity index is 1.27. The van der Waals surface area contributed by atoms with E-state index in [0.29, 0.717) is 6.54 Å². The van der Waals surface area contributed by atoms with Crippen LogP contribution in [0.2, 0.25) is 0 Å². The number of piperidine rings is 1. The third-order valence-electron chi connectivity index (χ3n) is 9.68. The lowest BCUT2D eigenvalue weighted by Gasteiger charge is -2.48. The topological polar surface area (TPSA) is 70.0 Å². The lowest BCUT2D eigenvalue weighted by molar-refractivity contribution is 0.0446. The third-order valence-corrected chi connectivity index (χ3v) is 9.68. The monoisotopic (exact) mass is 531 g/mol. The summed E-state index contributed by atoms with van der Waals surface area (Å²) in [4.78, 5) is 30.2. The van der Waals surface area contributed by atoms with Crippen molar-refractivity contribution in [2.24, 2.45) is 9.98 Å². The van der Waals surface area contributed by atoms with Crippen LogP contribution in [0.25, 0.3) is 0 Å². The maximum absolute atomic E-state index is 14.0. The smallest absolute Gasteiger partial charge is 0.321 e. The fourth-order valence-electron chi connectivity index (χ4n) is 7.87. The largest absolute Gasteiger partial charge is 0.497 e. The lowest BCUT2D eigenvalue weighted by atomic mass is 9.71. The number of carbonyl (C=O) groups is 1. The second-order valence-corrected chi connectivity index (χ2v) is 12.2. The fraction of sp³-hybridized carbons (Fsp3) is 0.581. The van der Waals surface area contributed by atoms with Gasteiger partial charge < -0.3 is 19.3 Å². The standard InChI is InChI=1S/C31H41N5O3/c1-6-36-29(37)35-20-22-16-23(38-4)17-25(39-5)27(22)30(2,3)18-26(35)31(36)10-14-34(15-11-31)19-21-8-7-9-24-28(21)33-13-12-32-24/h7-9,12-13,16-17,24,26,28H,6,10-11,14-15,18-20H2,1-5H3. The molecule has 2 amide bonds. The van der Waals surface area contributed by atoms with E-state index in [1.165, 1.54) is 11.1 Å². The van der Waals surface area contributed by atoms with Gasteiger partial charge in [0, 0.05) is 56.8 Å². The van der Waals surface area contributed by atoms with Crippen LogP contribution in [0.15, 0.2) is 45.9 Å². The molecular weight excluding hydrogens is 490 g/mol. The van der Waals surface area contributed by atoms with E-state index < -0.39 is 0 Å². The molecule has 0 aromatic heterocycles. The Labute approximate surface area is 232 Å². The van der Waals surface area contributed by atoms with Gasteiger partial charge in [-0.3, -0.25) is 14.9 Å². The maximum Gasteiger partial charge on any atom is 0.321 e. The second kappa shape index (κ2) is 9.81. The van der Waals surface area contributed by atoms with Gasteiger partial charge in [-0.15, -0.1) is 0 Å². The third kappa shape index (κ3) is 4.19. The van der Waals surface area contributed by atoms with Gasteiger partial charge in [-0.2, -0.15) is 0 Å². The number of aliphatic imine (C=N–C) groups is 2. The predicted octanol–water partition coefficient (Wildman–Crippen LogP) is 4.23. The Morgan fingerprint density at radius 2 is 1.85 bits per heavy atom. The van der Waals surface area contributed by atoms with Gasteiger partial charge in [0.1, 0.15) is 11.5 Å². The summed E-state index contributed by atoms with van der Waals surface area (Å²) in [6, 6.07) is 4.61. The summed E-state index contributed by atoms with van der Waals surface area (Å²) >= 11 is 0. The molecule has 0 saturated carbocycles. The molecule has 1 spiro atoms. The number of fused-ring (bicyclic) bond motifs is 4. The number of ether oxygens (including phenoxy) is 2. The van der Waals surface area contributed by atoms with Crippen LogP contribution < -0.4 is 9.47 Å². The van der Waals surface area contributed by atoms with Crippen LogP contribution in [0, 0.1) is 0 Å². The Kier molecular flexibility index (Phi) is 6.57. The second-order valence-electron chi connectivity index (χ2n) is 12.2. The first-order valence-corrected chi connectivity index (χ1v) is 14.3. The van der Waals surface area contributed by atoms with Gasteiger partial charge in [0.25, 0.3) is 0 Å². The molecule has 0 bridgehead atoms.